The molecule has 1 aliphatic rings. The Labute approximate surface area is 105 Å². The van der Waals surface area contributed by atoms with E-state index in [9.17, 15) is 0 Å². The minimum absolute atomic E-state index is 0.429. The molecule has 0 heterocycles. The Kier molecular flexibility index (Phi) is 4.43. The van der Waals surface area contributed by atoms with Crippen molar-refractivity contribution in [2.24, 2.45) is 11.7 Å². The van der Waals surface area contributed by atoms with Crippen LogP contribution in [0.1, 0.15) is 38.2 Å². The molecule has 2 rings (SSSR count). The van der Waals surface area contributed by atoms with Gasteiger partial charge in [-0.3, -0.25) is 0 Å². The molecule has 1 aliphatic carbocycles. The number of anilines is 1. The molecule has 0 bridgehead atoms. The van der Waals surface area contributed by atoms with Gasteiger partial charge in [-0.15, -0.1) is 0 Å². The van der Waals surface area contributed by atoms with E-state index in [1.807, 2.05) is 0 Å². The largest absolute Gasteiger partial charge is 0.385 e. The summed E-state index contributed by atoms with van der Waals surface area (Å²) in [4.78, 5) is 0. The number of hydrogen-bond acceptors (Lipinski definition) is 2. The summed E-state index contributed by atoms with van der Waals surface area (Å²) < 4.78 is 0. The van der Waals surface area contributed by atoms with Crippen molar-refractivity contribution in [1.29, 1.82) is 0 Å². The zero-order valence-electron chi connectivity index (χ0n) is 10.8. The number of nitrogens with one attached hydrogen (secondary N) is 1. The quantitative estimate of drug-likeness (QED) is 0.836. The maximum atomic E-state index is 6.00. The molecule has 1 aromatic rings. The second kappa shape index (κ2) is 6.06. The first-order chi connectivity index (χ1) is 8.28. The van der Waals surface area contributed by atoms with Gasteiger partial charge in [0.2, 0.25) is 0 Å². The van der Waals surface area contributed by atoms with Gasteiger partial charge in [-0.25, -0.2) is 0 Å². The van der Waals surface area contributed by atoms with Crippen molar-refractivity contribution in [1.82, 2.24) is 0 Å². The lowest BCUT2D eigenvalue weighted by molar-refractivity contribution is 0.335. The van der Waals surface area contributed by atoms with E-state index in [0.717, 1.165) is 18.9 Å². The lowest BCUT2D eigenvalue weighted by Gasteiger charge is -2.27. The van der Waals surface area contributed by atoms with Crippen molar-refractivity contribution >= 4 is 5.69 Å². The summed E-state index contributed by atoms with van der Waals surface area (Å²) in [5.41, 5.74) is 8.64. The van der Waals surface area contributed by atoms with Crippen molar-refractivity contribution in [2.45, 2.75) is 45.1 Å². The van der Waals surface area contributed by atoms with Gasteiger partial charge in [0.1, 0.15) is 0 Å². The maximum Gasteiger partial charge on any atom is 0.0340 e. The molecule has 94 valence electrons. The summed E-state index contributed by atoms with van der Waals surface area (Å²) in [6.45, 7) is 3.25. The molecule has 2 heteroatoms. The topological polar surface area (TPSA) is 38.0 Å². The van der Waals surface area contributed by atoms with Crippen LogP contribution in [0.5, 0.6) is 0 Å². The van der Waals surface area contributed by atoms with Gasteiger partial charge in [-0.05, 0) is 49.3 Å². The summed E-state index contributed by atoms with van der Waals surface area (Å²) in [5, 5.41) is 3.53. The predicted molar refractivity (Wildman–Crippen MR) is 74.2 cm³/mol. The van der Waals surface area contributed by atoms with Gasteiger partial charge in [0.05, 0.1) is 0 Å². The van der Waals surface area contributed by atoms with Crippen LogP contribution >= 0.6 is 0 Å². The zero-order chi connectivity index (χ0) is 12.1. The van der Waals surface area contributed by atoms with Gasteiger partial charge in [0, 0.05) is 18.3 Å². The minimum atomic E-state index is 0.429. The number of hydrogen-bond donors (Lipinski definition) is 2. The van der Waals surface area contributed by atoms with Crippen LogP contribution in [0.15, 0.2) is 24.3 Å². The van der Waals surface area contributed by atoms with E-state index in [2.05, 4.69) is 36.5 Å². The molecule has 2 atom stereocenters. The first kappa shape index (κ1) is 12.4. The molecular weight excluding hydrogens is 208 g/mol. The van der Waals surface area contributed by atoms with Crippen LogP contribution in [0, 0.1) is 5.92 Å². The monoisotopic (exact) mass is 232 g/mol. The van der Waals surface area contributed by atoms with Gasteiger partial charge >= 0.3 is 0 Å². The lowest BCUT2D eigenvalue weighted by atomic mass is 9.86. The third-order valence-electron chi connectivity index (χ3n) is 3.78. The van der Waals surface area contributed by atoms with E-state index < -0.39 is 0 Å². The van der Waals surface area contributed by atoms with Crippen LogP contribution in [0.2, 0.25) is 0 Å². The summed E-state index contributed by atoms with van der Waals surface area (Å²) in [6, 6.07) is 9.20. The minimum Gasteiger partial charge on any atom is -0.385 e. The zero-order valence-corrected chi connectivity index (χ0v) is 10.8. The van der Waals surface area contributed by atoms with Gasteiger partial charge in [-0.2, -0.15) is 0 Å². The third kappa shape index (κ3) is 3.74. The molecule has 2 nitrogen and oxygen atoms in total. The molecule has 0 spiro atoms. The molecule has 3 N–H and O–H groups in total. The highest BCUT2D eigenvalue weighted by molar-refractivity contribution is 5.44. The van der Waals surface area contributed by atoms with E-state index in [1.165, 1.54) is 36.9 Å². The van der Waals surface area contributed by atoms with Crippen LogP contribution in [-0.4, -0.2) is 12.6 Å². The van der Waals surface area contributed by atoms with Gasteiger partial charge in [0.25, 0.3) is 0 Å². The van der Waals surface area contributed by atoms with Crippen molar-refractivity contribution in [3.8, 4) is 0 Å². The second-order valence-corrected chi connectivity index (χ2v) is 5.22. The summed E-state index contributed by atoms with van der Waals surface area (Å²) >= 11 is 0. The number of benzene rings is 1. The molecule has 0 amide bonds. The molecule has 0 aromatic heterocycles. The molecule has 2 unspecified atom stereocenters. The van der Waals surface area contributed by atoms with Crippen LogP contribution in [0.4, 0.5) is 5.69 Å². The Bertz CT molecular complexity index is 331. The van der Waals surface area contributed by atoms with E-state index in [4.69, 9.17) is 5.73 Å². The van der Waals surface area contributed by atoms with Crippen LogP contribution in [0.25, 0.3) is 0 Å². The number of aryl methyl sites for hydroxylation is 1. The Morgan fingerprint density at radius 3 is 2.65 bits per heavy atom. The molecule has 17 heavy (non-hydrogen) atoms. The highest BCUT2D eigenvalue weighted by atomic mass is 14.9. The van der Waals surface area contributed by atoms with Crippen LogP contribution in [0.3, 0.4) is 0 Å². The Balaban J connectivity index is 1.80. The number of nitrogens with two attached hydrogens (primary N) is 1. The molecule has 1 fully saturated rings. The molecular formula is C15H24N2. The summed E-state index contributed by atoms with van der Waals surface area (Å²) in [6.07, 6.45) is 6.12. The van der Waals surface area contributed by atoms with Crippen LogP contribution in [-0.2, 0) is 6.42 Å². The fraction of sp³-hybridized carbons (Fsp3) is 0.600. The van der Waals surface area contributed by atoms with E-state index in [1.54, 1.807) is 0 Å². The van der Waals surface area contributed by atoms with E-state index in [-0.39, 0.29) is 0 Å². The fourth-order valence-corrected chi connectivity index (χ4v) is 2.64. The first-order valence-electron chi connectivity index (χ1n) is 6.86. The van der Waals surface area contributed by atoms with Crippen molar-refractivity contribution < 1.29 is 0 Å². The van der Waals surface area contributed by atoms with Crippen LogP contribution < -0.4 is 11.1 Å². The molecule has 1 saturated carbocycles. The predicted octanol–water partition coefficient (Wildman–Crippen LogP) is 3.18. The standard InChI is InChI=1S/C15H24N2/c1-2-12-6-8-15(9-7-12)17-11-13-4-3-5-14(16)10-13/h6-9,13-14,17H,2-5,10-11,16H2,1H3. The average Bonchev–Trinajstić information content (AvgIpc) is 2.37. The van der Waals surface area contributed by atoms with E-state index in [0.29, 0.717) is 6.04 Å². The fourth-order valence-electron chi connectivity index (χ4n) is 2.64. The first-order valence-corrected chi connectivity index (χ1v) is 6.86. The maximum absolute atomic E-state index is 6.00. The lowest BCUT2D eigenvalue weighted by Crippen LogP contribution is -2.30. The normalized spacial score (nSPS) is 24.6. The highest BCUT2D eigenvalue weighted by Gasteiger charge is 2.18. The molecule has 1 aromatic carbocycles. The Morgan fingerprint density at radius 2 is 2.00 bits per heavy atom. The van der Waals surface area contributed by atoms with E-state index >= 15 is 0 Å². The van der Waals surface area contributed by atoms with Crippen molar-refractivity contribution in [3.63, 3.8) is 0 Å². The van der Waals surface area contributed by atoms with Crippen molar-refractivity contribution in [2.75, 3.05) is 11.9 Å². The second-order valence-electron chi connectivity index (χ2n) is 5.22. The SMILES string of the molecule is CCc1ccc(NCC2CCCC(N)C2)cc1. The molecule has 0 saturated heterocycles. The third-order valence-corrected chi connectivity index (χ3v) is 3.78. The van der Waals surface area contributed by atoms with Gasteiger partial charge in [-0.1, -0.05) is 25.5 Å². The van der Waals surface area contributed by atoms with Gasteiger partial charge < -0.3 is 11.1 Å². The Morgan fingerprint density at radius 1 is 1.24 bits per heavy atom. The molecule has 0 aliphatic heterocycles. The Hall–Kier alpha value is -1.02. The van der Waals surface area contributed by atoms with Crippen molar-refractivity contribution in [3.05, 3.63) is 29.8 Å². The summed E-state index contributed by atoms with van der Waals surface area (Å²) in [7, 11) is 0. The molecule has 0 radical (unpaired) electrons. The average molecular weight is 232 g/mol. The number of rotatable bonds is 4. The van der Waals surface area contributed by atoms with Gasteiger partial charge in [0.15, 0.2) is 0 Å². The summed E-state index contributed by atoms with van der Waals surface area (Å²) in [5.74, 6) is 0.754. The smallest absolute Gasteiger partial charge is 0.0340 e. The highest BCUT2D eigenvalue weighted by Crippen LogP contribution is 2.23.